The fraction of sp³-hybridized carbons (Fsp3) is 0.217. The molecule has 1 aliphatic rings. The fourth-order valence-corrected chi connectivity index (χ4v) is 4.16. The van der Waals surface area contributed by atoms with Crippen LogP contribution >= 0.6 is 23.2 Å². The minimum absolute atomic E-state index is 0.190. The number of hydrogen-bond acceptors (Lipinski definition) is 6. The van der Waals surface area contributed by atoms with E-state index in [1.807, 2.05) is 12.1 Å². The van der Waals surface area contributed by atoms with Crippen molar-refractivity contribution in [1.82, 2.24) is 15.3 Å². The first-order valence-electron chi connectivity index (χ1n) is 10.1. The third-order valence-electron chi connectivity index (χ3n) is 5.25. The molecule has 2 amide bonds. The van der Waals surface area contributed by atoms with Crippen molar-refractivity contribution in [2.24, 2.45) is 0 Å². The van der Waals surface area contributed by atoms with Crippen LogP contribution in [0.4, 0.5) is 5.69 Å². The normalized spacial score (nSPS) is 16.5. The second kappa shape index (κ2) is 9.64. The first kappa shape index (κ1) is 22.8. The van der Waals surface area contributed by atoms with Crippen molar-refractivity contribution in [3.05, 3.63) is 75.8 Å². The van der Waals surface area contributed by atoms with Gasteiger partial charge in [-0.2, -0.15) is 0 Å². The maximum atomic E-state index is 13.2. The van der Waals surface area contributed by atoms with E-state index in [1.165, 1.54) is 19.5 Å². The van der Waals surface area contributed by atoms with Crippen molar-refractivity contribution in [2.75, 3.05) is 12.4 Å². The highest BCUT2D eigenvalue weighted by Gasteiger charge is 2.42. The molecular weight excluding hydrogens is 467 g/mol. The Balaban J connectivity index is 1.67. The van der Waals surface area contributed by atoms with Gasteiger partial charge in [0.15, 0.2) is 11.5 Å². The SMILES string of the molecule is COc1ccc(C(=O)Nc2c(Cl)cncc2Cl)c2c1OC(C)C2C(=O)NCc1ccccn1. The van der Waals surface area contributed by atoms with Gasteiger partial charge >= 0.3 is 0 Å². The van der Waals surface area contributed by atoms with E-state index in [4.69, 9.17) is 32.7 Å². The summed E-state index contributed by atoms with van der Waals surface area (Å²) in [5.74, 6) is -0.766. The van der Waals surface area contributed by atoms with E-state index in [0.29, 0.717) is 22.8 Å². The molecule has 2 aromatic heterocycles. The number of carbonyl (C=O) groups excluding carboxylic acids is 2. The number of nitrogens with one attached hydrogen (secondary N) is 2. The van der Waals surface area contributed by atoms with Gasteiger partial charge in [-0.05, 0) is 31.2 Å². The average molecular weight is 487 g/mol. The van der Waals surface area contributed by atoms with Crippen molar-refractivity contribution >= 4 is 40.7 Å². The lowest BCUT2D eigenvalue weighted by molar-refractivity contribution is -0.123. The minimum atomic E-state index is -0.747. The van der Waals surface area contributed by atoms with Gasteiger partial charge in [-0.1, -0.05) is 29.3 Å². The third-order valence-corrected chi connectivity index (χ3v) is 5.83. The molecule has 170 valence electrons. The summed E-state index contributed by atoms with van der Waals surface area (Å²) in [6.45, 7) is 2.01. The zero-order valence-electron chi connectivity index (χ0n) is 17.8. The van der Waals surface area contributed by atoms with E-state index < -0.39 is 17.9 Å². The van der Waals surface area contributed by atoms with Crippen molar-refractivity contribution in [1.29, 1.82) is 0 Å². The number of carbonyl (C=O) groups is 2. The molecule has 0 saturated heterocycles. The molecule has 2 atom stereocenters. The molecule has 0 saturated carbocycles. The molecule has 2 unspecified atom stereocenters. The van der Waals surface area contributed by atoms with Crippen LogP contribution in [-0.2, 0) is 11.3 Å². The summed E-state index contributed by atoms with van der Waals surface area (Å²) in [5.41, 5.74) is 1.62. The van der Waals surface area contributed by atoms with Gasteiger partial charge in [-0.3, -0.25) is 19.6 Å². The Morgan fingerprint density at radius 3 is 2.58 bits per heavy atom. The van der Waals surface area contributed by atoms with Crippen LogP contribution in [0.5, 0.6) is 11.5 Å². The van der Waals surface area contributed by atoms with Crippen LogP contribution in [0.15, 0.2) is 48.9 Å². The zero-order chi connectivity index (χ0) is 23.5. The first-order chi connectivity index (χ1) is 15.9. The van der Waals surface area contributed by atoms with Crippen molar-refractivity contribution in [3.8, 4) is 11.5 Å². The highest BCUT2D eigenvalue weighted by molar-refractivity contribution is 6.39. The van der Waals surface area contributed by atoms with Crippen LogP contribution < -0.4 is 20.1 Å². The van der Waals surface area contributed by atoms with Gasteiger partial charge in [0.1, 0.15) is 12.0 Å². The van der Waals surface area contributed by atoms with Gasteiger partial charge < -0.3 is 20.1 Å². The molecule has 0 radical (unpaired) electrons. The number of benzene rings is 1. The summed E-state index contributed by atoms with van der Waals surface area (Å²) in [4.78, 5) is 34.5. The number of ether oxygens (including phenoxy) is 2. The molecule has 0 aliphatic carbocycles. The second-order valence-electron chi connectivity index (χ2n) is 7.33. The Kier molecular flexibility index (Phi) is 6.67. The summed E-state index contributed by atoms with van der Waals surface area (Å²) in [7, 11) is 1.49. The minimum Gasteiger partial charge on any atom is -0.493 e. The number of pyridine rings is 2. The lowest BCUT2D eigenvalue weighted by atomic mass is 9.90. The summed E-state index contributed by atoms with van der Waals surface area (Å²) in [6, 6.07) is 8.65. The van der Waals surface area contributed by atoms with Gasteiger partial charge in [0, 0.05) is 29.7 Å². The van der Waals surface area contributed by atoms with Gasteiger partial charge in [-0.25, -0.2) is 0 Å². The number of rotatable bonds is 6. The molecule has 0 fully saturated rings. The van der Waals surface area contributed by atoms with E-state index in [2.05, 4.69) is 20.6 Å². The Bertz CT molecular complexity index is 1190. The molecule has 2 N–H and O–H groups in total. The summed E-state index contributed by atoms with van der Waals surface area (Å²) < 4.78 is 11.4. The van der Waals surface area contributed by atoms with E-state index in [1.54, 1.807) is 31.3 Å². The number of methoxy groups -OCH3 is 1. The first-order valence-corrected chi connectivity index (χ1v) is 10.8. The van der Waals surface area contributed by atoms with Gasteiger partial charge in [0.05, 0.1) is 35.1 Å². The maximum absolute atomic E-state index is 13.2. The molecule has 1 aliphatic heterocycles. The monoisotopic (exact) mass is 486 g/mol. The molecular formula is C23H20Cl2N4O4. The molecule has 4 rings (SSSR count). The summed E-state index contributed by atoms with van der Waals surface area (Å²) in [6.07, 6.45) is 3.88. The fourth-order valence-electron chi connectivity index (χ4n) is 3.70. The molecule has 33 heavy (non-hydrogen) atoms. The van der Waals surface area contributed by atoms with Gasteiger partial charge in [-0.15, -0.1) is 0 Å². The molecule has 3 aromatic rings. The Hall–Kier alpha value is -3.36. The lowest BCUT2D eigenvalue weighted by Gasteiger charge is -2.17. The van der Waals surface area contributed by atoms with Crippen LogP contribution in [0.25, 0.3) is 0 Å². The number of fused-ring (bicyclic) bond motifs is 1. The summed E-state index contributed by atoms with van der Waals surface area (Å²) >= 11 is 12.3. The largest absolute Gasteiger partial charge is 0.493 e. The van der Waals surface area contributed by atoms with E-state index in [0.717, 1.165) is 0 Å². The molecule has 0 bridgehead atoms. The third kappa shape index (κ3) is 4.58. The van der Waals surface area contributed by atoms with Crippen molar-refractivity contribution in [3.63, 3.8) is 0 Å². The Labute approximate surface area is 200 Å². The number of aromatic nitrogens is 2. The predicted octanol–water partition coefficient (Wildman–Crippen LogP) is 4.23. The molecule has 10 heteroatoms. The maximum Gasteiger partial charge on any atom is 0.256 e. The van der Waals surface area contributed by atoms with E-state index in [9.17, 15) is 9.59 Å². The van der Waals surface area contributed by atoms with Crippen LogP contribution in [-0.4, -0.2) is 35.0 Å². The average Bonchev–Trinajstić information content (AvgIpc) is 3.16. The van der Waals surface area contributed by atoms with Crippen LogP contribution in [0.3, 0.4) is 0 Å². The van der Waals surface area contributed by atoms with Crippen molar-refractivity contribution in [2.45, 2.75) is 25.5 Å². The number of amides is 2. The highest BCUT2D eigenvalue weighted by atomic mass is 35.5. The standard InChI is InChI=1S/C23H20Cl2N4O4/c1-12-18(23(31)28-9-13-5-3-4-8-27-13)19-14(6-7-17(32-2)21(19)33-12)22(30)29-20-15(24)10-26-11-16(20)25/h3-8,10-12,18H,9H2,1-2H3,(H,28,31)(H,26,29,30). The van der Waals surface area contributed by atoms with E-state index >= 15 is 0 Å². The number of anilines is 1. The second-order valence-corrected chi connectivity index (χ2v) is 8.14. The quantitative estimate of drug-likeness (QED) is 0.540. The molecule has 3 heterocycles. The number of halogens is 2. The topological polar surface area (TPSA) is 102 Å². The Morgan fingerprint density at radius 1 is 1.15 bits per heavy atom. The predicted molar refractivity (Wildman–Crippen MR) is 124 cm³/mol. The summed E-state index contributed by atoms with van der Waals surface area (Å²) in [5, 5.41) is 5.97. The van der Waals surface area contributed by atoms with Gasteiger partial charge in [0.25, 0.3) is 5.91 Å². The smallest absolute Gasteiger partial charge is 0.256 e. The van der Waals surface area contributed by atoms with Crippen LogP contribution in [0.1, 0.15) is 34.5 Å². The van der Waals surface area contributed by atoms with Crippen LogP contribution in [0, 0.1) is 0 Å². The number of nitrogens with zero attached hydrogens (tertiary/aromatic N) is 2. The zero-order valence-corrected chi connectivity index (χ0v) is 19.3. The van der Waals surface area contributed by atoms with Crippen molar-refractivity contribution < 1.29 is 19.1 Å². The molecule has 8 nitrogen and oxygen atoms in total. The molecule has 0 spiro atoms. The van der Waals surface area contributed by atoms with E-state index in [-0.39, 0.29) is 33.7 Å². The molecule has 1 aromatic carbocycles. The Morgan fingerprint density at radius 2 is 1.91 bits per heavy atom. The lowest BCUT2D eigenvalue weighted by Crippen LogP contribution is -2.34. The van der Waals surface area contributed by atoms with Gasteiger partial charge in [0.2, 0.25) is 5.91 Å². The van der Waals surface area contributed by atoms with Crippen LogP contribution in [0.2, 0.25) is 10.0 Å². The highest BCUT2D eigenvalue weighted by Crippen LogP contribution is 2.46. The number of hydrogen-bond donors (Lipinski definition) is 2.